The third-order valence-electron chi connectivity index (χ3n) is 2.85. The Balaban J connectivity index is 1.53. The first-order chi connectivity index (χ1) is 10.8. The molecule has 9 heteroatoms. The van der Waals surface area contributed by atoms with E-state index in [-0.39, 0.29) is 5.56 Å². The van der Waals surface area contributed by atoms with Gasteiger partial charge in [-0.3, -0.25) is 4.79 Å². The van der Waals surface area contributed by atoms with Gasteiger partial charge in [0.2, 0.25) is 11.7 Å². The summed E-state index contributed by atoms with van der Waals surface area (Å²) >= 11 is 4.37. The molecule has 0 amide bonds. The van der Waals surface area contributed by atoms with Crippen molar-refractivity contribution in [1.29, 1.82) is 0 Å². The minimum Gasteiger partial charge on any atom is -0.338 e. The number of thioether (sulfide) groups is 1. The standard InChI is InChI=1S/C13H8N4O2S3/c18-11-7-3-5-21-12(7)16-13(15-11)22-6-9-14-10(17-19-9)8-2-1-4-20-8/h1-5H,6H2,(H,15,16,18). The first-order valence-electron chi connectivity index (χ1n) is 6.26. The Morgan fingerprint density at radius 2 is 2.18 bits per heavy atom. The van der Waals surface area contributed by atoms with Gasteiger partial charge in [-0.2, -0.15) is 4.98 Å². The van der Waals surface area contributed by atoms with Crippen LogP contribution in [0.15, 0.2) is 43.4 Å². The Morgan fingerprint density at radius 3 is 3.05 bits per heavy atom. The highest BCUT2D eigenvalue weighted by Crippen LogP contribution is 2.24. The lowest BCUT2D eigenvalue weighted by molar-refractivity contribution is 0.391. The second-order valence-corrected chi connectivity index (χ2v) is 7.09. The molecule has 0 aliphatic carbocycles. The van der Waals surface area contributed by atoms with Gasteiger partial charge in [0.05, 0.1) is 16.0 Å². The fraction of sp³-hybridized carbons (Fsp3) is 0.0769. The van der Waals surface area contributed by atoms with E-state index in [1.54, 1.807) is 17.4 Å². The molecule has 0 radical (unpaired) electrons. The Morgan fingerprint density at radius 1 is 1.23 bits per heavy atom. The van der Waals surface area contributed by atoms with Gasteiger partial charge in [-0.25, -0.2) is 4.98 Å². The maximum absolute atomic E-state index is 11.9. The molecule has 1 N–H and O–H groups in total. The van der Waals surface area contributed by atoms with Crippen LogP contribution in [0, 0.1) is 0 Å². The summed E-state index contributed by atoms with van der Waals surface area (Å²) in [5.41, 5.74) is -0.126. The lowest BCUT2D eigenvalue weighted by Crippen LogP contribution is -2.07. The predicted molar refractivity (Wildman–Crippen MR) is 87.4 cm³/mol. The molecule has 6 nitrogen and oxygen atoms in total. The van der Waals surface area contributed by atoms with Crippen molar-refractivity contribution in [2.45, 2.75) is 10.9 Å². The lowest BCUT2D eigenvalue weighted by atomic mass is 10.4. The zero-order chi connectivity index (χ0) is 14.9. The van der Waals surface area contributed by atoms with Crippen LogP contribution in [-0.2, 0) is 5.75 Å². The molecule has 0 aromatic carbocycles. The van der Waals surface area contributed by atoms with E-state index in [1.807, 2.05) is 22.9 Å². The molecule has 0 unspecified atom stereocenters. The summed E-state index contributed by atoms with van der Waals surface area (Å²) in [5, 5.41) is 8.94. The average molecular weight is 348 g/mol. The number of thiophene rings is 2. The third-order valence-corrected chi connectivity index (χ3v) is 5.39. The van der Waals surface area contributed by atoms with Gasteiger partial charge in [0.1, 0.15) is 4.83 Å². The molecule has 4 aromatic rings. The summed E-state index contributed by atoms with van der Waals surface area (Å²) in [4.78, 5) is 25.1. The summed E-state index contributed by atoms with van der Waals surface area (Å²) in [6.45, 7) is 0. The molecule has 110 valence electrons. The van der Waals surface area contributed by atoms with Crippen LogP contribution in [0.3, 0.4) is 0 Å². The van der Waals surface area contributed by atoms with Crippen LogP contribution < -0.4 is 5.56 Å². The molecule has 0 spiro atoms. The fourth-order valence-electron chi connectivity index (χ4n) is 1.86. The number of fused-ring (bicyclic) bond motifs is 1. The second-order valence-electron chi connectivity index (χ2n) is 4.29. The van der Waals surface area contributed by atoms with Crippen molar-refractivity contribution in [2.24, 2.45) is 0 Å². The van der Waals surface area contributed by atoms with E-state index in [0.717, 1.165) is 9.71 Å². The number of hydrogen-bond acceptors (Lipinski definition) is 8. The molecule has 0 bridgehead atoms. The van der Waals surface area contributed by atoms with Crippen LogP contribution in [-0.4, -0.2) is 20.1 Å². The van der Waals surface area contributed by atoms with Gasteiger partial charge in [-0.05, 0) is 22.9 Å². The number of nitrogens with one attached hydrogen (secondary N) is 1. The number of rotatable bonds is 4. The summed E-state index contributed by atoms with van der Waals surface area (Å²) < 4.78 is 5.22. The Bertz CT molecular complexity index is 971. The van der Waals surface area contributed by atoms with Crippen molar-refractivity contribution in [1.82, 2.24) is 20.1 Å². The highest BCUT2D eigenvalue weighted by Gasteiger charge is 2.11. The average Bonchev–Trinajstić information content (AvgIpc) is 3.25. The quantitative estimate of drug-likeness (QED) is 0.449. The molecule has 22 heavy (non-hydrogen) atoms. The van der Waals surface area contributed by atoms with Gasteiger partial charge in [0, 0.05) is 0 Å². The van der Waals surface area contributed by atoms with Crippen molar-refractivity contribution in [3.63, 3.8) is 0 Å². The van der Waals surface area contributed by atoms with Crippen molar-refractivity contribution in [2.75, 3.05) is 0 Å². The number of H-pyrrole nitrogens is 1. The Kier molecular flexibility index (Phi) is 3.53. The van der Waals surface area contributed by atoms with E-state index in [2.05, 4.69) is 20.1 Å². The molecular weight excluding hydrogens is 340 g/mol. The van der Waals surface area contributed by atoms with Crippen LogP contribution in [0.25, 0.3) is 20.9 Å². The first-order valence-corrected chi connectivity index (χ1v) is 9.01. The smallest absolute Gasteiger partial charge is 0.260 e. The summed E-state index contributed by atoms with van der Waals surface area (Å²) in [6, 6.07) is 5.65. The van der Waals surface area contributed by atoms with E-state index >= 15 is 0 Å². The van der Waals surface area contributed by atoms with Crippen molar-refractivity contribution in [3.05, 3.63) is 45.2 Å². The minimum absolute atomic E-state index is 0.126. The summed E-state index contributed by atoms with van der Waals surface area (Å²) in [7, 11) is 0. The molecule has 0 saturated heterocycles. The Labute approximate surface area is 136 Å². The van der Waals surface area contributed by atoms with Crippen LogP contribution in [0.2, 0.25) is 0 Å². The molecular formula is C13H8N4O2S3. The number of aromatic nitrogens is 4. The highest BCUT2D eigenvalue weighted by molar-refractivity contribution is 7.98. The number of aromatic amines is 1. The monoisotopic (exact) mass is 348 g/mol. The first kappa shape index (κ1) is 13.7. The maximum atomic E-state index is 11.9. The molecule has 0 aliphatic rings. The minimum atomic E-state index is -0.126. The highest BCUT2D eigenvalue weighted by atomic mass is 32.2. The van der Waals surface area contributed by atoms with Crippen LogP contribution in [0.5, 0.6) is 0 Å². The van der Waals surface area contributed by atoms with Crippen LogP contribution >= 0.6 is 34.4 Å². The van der Waals surface area contributed by atoms with Crippen molar-refractivity contribution < 1.29 is 4.52 Å². The van der Waals surface area contributed by atoms with Gasteiger partial charge >= 0.3 is 0 Å². The maximum Gasteiger partial charge on any atom is 0.260 e. The van der Waals surface area contributed by atoms with E-state index in [9.17, 15) is 4.79 Å². The topological polar surface area (TPSA) is 84.7 Å². The molecule has 4 heterocycles. The molecule has 0 saturated carbocycles. The predicted octanol–water partition coefficient (Wildman–Crippen LogP) is 3.39. The van der Waals surface area contributed by atoms with Crippen LogP contribution in [0.1, 0.15) is 5.89 Å². The molecule has 4 aromatic heterocycles. The lowest BCUT2D eigenvalue weighted by Gasteiger charge is -1.97. The largest absolute Gasteiger partial charge is 0.338 e. The third kappa shape index (κ3) is 2.58. The van der Waals surface area contributed by atoms with Crippen molar-refractivity contribution in [3.8, 4) is 10.7 Å². The molecule has 0 atom stereocenters. The van der Waals surface area contributed by atoms with Gasteiger partial charge < -0.3 is 9.51 Å². The van der Waals surface area contributed by atoms with Crippen LogP contribution in [0.4, 0.5) is 0 Å². The van der Waals surface area contributed by atoms with Gasteiger partial charge in [-0.1, -0.05) is 23.0 Å². The van der Waals surface area contributed by atoms with Crippen molar-refractivity contribution >= 4 is 44.7 Å². The zero-order valence-corrected chi connectivity index (χ0v) is 13.4. The number of nitrogens with zero attached hydrogens (tertiary/aromatic N) is 3. The van der Waals surface area contributed by atoms with Gasteiger partial charge in [-0.15, -0.1) is 22.7 Å². The summed E-state index contributed by atoms with van der Waals surface area (Å²) in [6.07, 6.45) is 0. The van der Waals surface area contributed by atoms with E-state index in [0.29, 0.717) is 28.0 Å². The Hall–Kier alpha value is -1.97. The zero-order valence-electron chi connectivity index (χ0n) is 11.0. The summed E-state index contributed by atoms with van der Waals surface area (Å²) in [5.74, 6) is 1.54. The fourth-order valence-corrected chi connectivity index (χ4v) is 4.03. The number of hydrogen-bond donors (Lipinski definition) is 1. The van der Waals surface area contributed by atoms with E-state index in [4.69, 9.17) is 4.52 Å². The van der Waals surface area contributed by atoms with Gasteiger partial charge in [0.15, 0.2) is 5.16 Å². The van der Waals surface area contributed by atoms with E-state index < -0.39 is 0 Å². The second kappa shape index (κ2) is 5.67. The molecule has 4 rings (SSSR count). The molecule has 0 aliphatic heterocycles. The van der Waals surface area contributed by atoms with E-state index in [1.165, 1.54) is 23.1 Å². The molecule has 0 fully saturated rings. The SMILES string of the molecule is O=c1[nH]c(SCc2nc(-c3cccs3)no2)nc2sccc12. The van der Waals surface area contributed by atoms with Gasteiger partial charge in [0.25, 0.3) is 5.56 Å². The normalized spacial score (nSPS) is 11.3.